The van der Waals surface area contributed by atoms with Gasteiger partial charge in [0.05, 0.1) is 11.6 Å². The monoisotopic (exact) mass is 227 g/mol. The zero-order valence-corrected chi connectivity index (χ0v) is 10.2. The van der Waals surface area contributed by atoms with Gasteiger partial charge in [-0.05, 0) is 25.2 Å². The molecule has 0 unspecified atom stereocenters. The summed E-state index contributed by atoms with van der Waals surface area (Å²) in [7, 11) is 0. The molecule has 1 aliphatic rings. The first-order valence-corrected chi connectivity index (χ1v) is 6.24. The summed E-state index contributed by atoms with van der Waals surface area (Å²) < 4.78 is 2.06. The fraction of sp³-hybridized carbons (Fsp3) is 0.818. The van der Waals surface area contributed by atoms with Gasteiger partial charge in [0.2, 0.25) is 0 Å². The van der Waals surface area contributed by atoms with E-state index in [1.807, 2.05) is 0 Å². The van der Waals surface area contributed by atoms with Crippen LogP contribution in [0, 0.1) is 5.92 Å². The second kappa shape index (κ2) is 4.52. The lowest BCUT2D eigenvalue weighted by Gasteiger charge is -2.08. The van der Waals surface area contributed by atoms with Crippen LogP contribution < -0.4 is 0 Å². The van der Waals surface area contributed by atoms with Crippen LogP contribution >= 0.6 is 11.6 Å². The van der Waals surface area contributed by atoms with Crippen molar-refractivity contribution in [3.63, 3.8) is 0 Å². The Hall–Kier alpha value is -0.570. The summed E-state index contributed by atoms with van der Waals surface area (Å²) in [6, 6.07) is 0. The predicted molar refractivity (Wildman–Crippen MR) is 61.0 cm³/mol. The van der Waals surface area contributed by atoms with Crippen LogP contribution in [0.2, 0.25) is 0 Å². The van der Waals surface area contributed by atoms with E-state index in [9.17, 15) is 0 Å². The molecule has 84 valence electrons. The zero-order chi connectivity index (χ0) is 10.8. The van der Waals surface area contributed by atoms with E-state index < -0.39 is 0 Å². The molecule has 0 N–H and O–H groups in total. The Kier molecular flexibility index (Phi) is 3.29. The molecule has 1 heterocycles. The van der Waals surface area contributed by atoms with Gasteiger partial charge < -0.3 is 0 Å². The number of halogens is 1. The van der Waals surface area contributed by atoms with Crippen LogP contribution in [0.4, 0.5) is 0 Å². The second-order valence-electron chi connectivity index (χ2n) is 4.73. The van der Waals surface area contributed by atoms with Crippen LogP contribution in [0.5, 0.6) is 0 Å². The van der Waals surface area contributed by atoms with Gasteiger partial charge in [0, 0.05) is 12.5 Å². The molecule has 1 saturated carbocycles. The molecule has 3 nitrogen and oxygen atoms in total. The third kappa shape index (κ3) is 2.51. The van der Waals surface area contributed by atoms with Crippen LogP contribution in [-0.2, 0) is 12.4 Å². The molecular weight excluding hydrogens is 210 g/mol. The number of hydrogen-bond donors (Lipinski definition) is 0. The minimum absolute atomic E-state index is 0.494. The number of nitrogens with zero attached hydrogens (tertiary/aromatic N) is 3. The summed E-state index contributed by atoms with van der Waals surface area (Å²) in [5, 5.41) is 8.36. The second-order valence-corrected chi connectivity index (χ2v) is 5.00. The number of rotatable bonds is 5. The summed E-state index contributed by atoms with van der Waals surface area (Å²) >= 11 is 5.86. The van der Waals surface area contributed by atoms with Crippen molar-refractivity contribution < 1.29 is 0 Å². The van der Waals surface area contributed by atoms with Crippen molar-refractivity contribution in [3.05, 3.63) is 11.4 Å². The molecule has 4 heteroatoms. The molecule has 1 aromatic heterocycles. The maximum atomic E-state index is 5.86. The van der Waals surface area contributed by atoms with Crippen molar-refractivity contribution in [1.29, 1.82) is 0 Å². The third-order valence-corrected chi connectivity index (χ3v) is 3.11. The molecule has 0 spiro atoms. The molecule has 1 fully saturated rings. The summed E-state index contributed by atoms with van der Waals surface area (Å²) in [6.45, 7) is 5.44. The molecule has 15 heavy (non-hydrogen) atoms. The zero-order valence-electron chi connectivity index (χ0n) is 9.41. The van der Waals surface area contributed by atoms with Gasteiger partial charge in [-0.15, -0.1) is 16.7 Å². The molecule has 0 saturated heterocycles. The van der Waals surface area contributed by atoms with Gasteiger partial charge in [-0.2, -0.15) is 0 Å². The third-order valence-electron chi connectivity index (χ3n) is 2.86. The summed E-state index contributed by atoms with van der Waals surface area (Å²) in [5.74, 6) is 1.88. The molecule has 0 atom stereocenters. The topological polar surface area (TPSA) is 30.7 Å². The van der Waals surface area contributed by atoms with E-state index in [0.717, 1.165) is 18.7 Å². The molecule has 0 radical (unpaired) electrons. The maximum Gasteiger partial charge on any atom is 0.101 e. The minimum atomic E-state index is 0.494. The van der Waals surface area contributed by atoms with E-state index in [0.29, 0.717) is 17.7 Å². The Morgan fingerprint density at radius 2 is 2.20 bits per heavy atom. The lowest BCUT2D eigenvalue weighted by molar-refractivity contribution is 0.467. The number of hydrogen-bond acceptors (Lipinski definition) is 2. The number of alkyl halides is 1. The van der Waals surface area contributed by atoms with Crippen molar-refractivity contribution in [2.75, 3.05) is 0 Å². The van der Waals surface area contributed by atoms with Gasteiger partial charge in [0.15, 0.2) is 0 Å². The van der Waals surface area contributed by atoms with Crippen LogP contribution in [0.1, 0.15) is 50.4 Å². The van der Waals surface area contributed by atoms with Gasteiger partial charge in [0.1, 0.15) is 5.69 Å². The summed E-state index contributed by atoms with van der Waals surface area (Å²) in [6.07, 6.45) is 3.71. The summed E-state index contributed by atoms with van der Waals surface area (Å²) in [5.41, 5.74) is 2.29. The van der Waals surface area contributed by atoms with Gasteiger partial charge in [-0.1, -0.05) is 19.1 Å². The smallest absolute Gasteiger partial charge is 0.101 e. The maximum absolute atomic E-state index is 5.86. The molecule has 0 aromatic carbocycles. The molecule has 1 aromatic rings. The standard InChI is InChI=1S/C11H18ClN3/c1-8(2)5-6-15-11(9-3-4-9)10(7-12)13-14-15/h8-9H,3-7H2,1-2H3. The Labute approximate surface area is 95.8 Å². The van der Waals surface area contributed by atoms with Gasteiger partial charge in [-0.3, -0.25) is 0 Å². The quantitative estimate of drug-likeness (QED) is 0.725. The van der Waals surface area contributed by atoms with E-state index in [1.54, 1.807) is 0 Å². The predicted octanol–water partition coefficient (Wildman–Crippen LogP) is 2.94. The average molecular weight is 228 g/mol. The van der Waals surface area contributed by atoms with Crippen LogP contribution in [0.15, 0.2) is 0 Å². The first-order valence-electron chi connectivity index (χ1n) is 5.70. The van der Waals surface area contributed by atoms with E-state index in [2.05, 4.69) is 28.8 Å². The highest BCUT2D eigenvalue weighted by Crippen LogP contribution is 2.41. The van der Waals surface area contributed by atoms with Crippen molar-refractivity contribution in [2.24, 2.45) is 5.92 Å². The van der Waals surface area contributed by atoms with Crippen molar-refractivity contribution in [3.8, 4) is 0 Å². The average Bonchev–Trinajstić information content (AvgIpc) is 2.96. The molecule has 0 bridgehead atoms. The minimum Gasteiger partial charge on any atom is -0.249 e. The largest absolute Gasteiger partial charge is 0.249 e. The fourth-order valence-corrected chi connectivity index (χ4v) is 1.99. The lowest BCUT2D eigenvalue weighted by atomic mass is 10.1. The molecule has 0 amide bonds. The highest BCUT2D eigenvalue weighted by Gasteiger charge is 2.30. The van der Waals surface area contributed by atoms with E-state index in [4.69, 9.17) is 11.6 Å². The molecular formula is C11H18ClN3. The van der Waals surface area contributed by atoms with Crippen molar-refractivity contribution >= 4 is 11.6 Å². The molecule has 2 rings (SSSR count). The van der Waals surface area contributed by atoms with E-state index in [-0.39, 0.29) is 0 Å². The molecule has 1 aliphatic carbocycles. The van der Waals surface area contributed by atoms with E-state index >= 15 is 0 Å². The lowest BCUT2D eigenvalue weighted by Crippen LogP contribution is -2.07. The first-order chi connectivity index (χ1) is 7.22. The Morgan fingerprint density at radius 3 is 2.73 bits per heavy atom. The van der Waals surface area contributed by atoms with Crippen molar-refractivity contribution in [2.45, 2.75) is 51.5 Å². The van der Waals surface area contributed by atoms with Crippen LogP contribution in [0.3, 0.4) is 0 Å². The summed E-state index contributed by atoms with van der Waals surface area (Å²) in [4.78, 5) is 0. The highest BCUT2D eigenvalue weighted by atomic mass is 35.5. The number of aryl methyl sites for hydroxylation is 1. The highest BCUT2D eigenvalue weighted by molar-refractivity contribution is 6.16. The first kappa shape index (κ1) is 10.9. The normalized spacial score (nSPS) is 16.3. The Balaban J connectivity index is 2.11. The van der Waals surface area contributed by atoms with Gasteiger partial charge in [0.25, 0.3) is 0 Å². The van der Waals surface area contributed by atoms with Gasteiger partial charge >= 0.3 is 0 Å². The molecule has 0 aliphatic heterocycles. The Bertz CT molecular complexity index is 329. The SMILES string of the molecule is CC(C)CCn1nnc(CCl)c1C1CC1. The van der Waals surface area contributed by atoms with Crippen molar-refractivity contribution in [1.82, 2.24) is 15.0 Å². The fourth-order valence-electron chi connectivity index (χ4n) is 1.80. The van der Waals surface area contributed by atoms with E-state index in [1.165, 1.54) is 18.5 Å². The Morgan fingerprint density at radius 1 is 1.47 bits per heavy atom. The van der Waals surface area contributed by atoms with Gasteiger partial charge in [-0.25, -0.2) is 4.68 Å². The van der Waals surface area contributed by atoms with Crippen LogP contribution in [-0.4, -0.2) is 15.0 Å². The number of aromatic nitrogens is 3. The van der Waals surface area contributed by atoms with Crippen LogP contribution in [0.25, 0.3) is 0 Å².